The number of nitrogens with zero attached hydrogens (tertiary/aromatic N) is 2. The van der Waals surface area contributed by atoms with Crippen molar-refractivity contribution in [2.24, 2.45) is 0 Å². The van der Waals surface area contributed by atoms with Crippen molar-refractivity contribution in [3.63, 3.8) is 0 Å². The summed E-state index contributed by atoms with van der Waals surface area (Å²) in [4.78, 5) is 12.6. The first-order chi connectivity index (χ1) is 4.57. The zero-order chi connectivity index (χ0) is 8.15. The molecule has 0 heterocycles. The number of hydrogen-bond donors (Lipinski definition) is 0. The third-order valence-electron chi connectivity index (χ3n) is 0.486. The fourth-order valence-corrected chi connectivity index (χ4v) is 0.202. The molecule has 0 radical (unpaired) electrons. The van der Waals surface area contributed by atoms with Crippen LogP contribution in [-0.2, 0) is 4.84 Å². The lowest BCUT2D eigenvalue weighted by molar-refractivity contribution is -0.749. The van der Waals surface area contributed by atoms with Gasteiger partial charge in [0.25, 0.3) is 0 Å². The second-order valence-corrected chi connectivity index (χ2v) is 1.08. The van der Waals surface area contributed by atoms with E-state index >= 15 is 0 Å². The highest BCUT2D eigenvalue weighted by atomic mass is 19.3. The van der Waals surface area contributed by atoms with E-state index in [1.807, 2.05) is 0 Å². The minimum absolute atomic E-state index is 0.704. The summed E-state index contributed by atoms with van der Waals surface area (Å²) in [6.45, 7) is -5.11. The predicted molar refractivity (Wildman–Crippen MR) is 21.9 cm³/mol. The highest BCUT2D eigenvalue weighted by Crippen LogP contribution is 2.00. The average Bonchev–Trinajstić information content (AvgIpc) is 1.81. The molecule has 5 nitrogen and oxygen atoms in total. The molecule has 0 rings (SSSR count). The molecule has 0 aliphatic carbocycles. The fraction of sp³-hybridized carbons (Fsp3) is 1.00. The first kappa shape index (κ1) is 8.95. The van der Waals surface area contributed by atoms with Gasteiger partial charge in [-0.25, -0.2) is 14.5 Å². The van der Waals surface area contributed by atoms with Crippen molar-refractivity contribution in [3.05, 3.63) is 10.1 Å². The Hall–Kier alpha value is -1.05. The van der Waals surface area contributed by atoms with Crippen LogP contribution >= 0.6 is 0 Å². The summed E-state index contributed by atoms with van der Waals surface area (Å²) in [5.41, 5.74) is 0. The van der Waals surface area contributed by atoms with Crippen LogP contribution in [0, 0.1) is 10.1 Å². The van der Waals surface area contributed by atoms with E-state index < -0.39 is 23.6 Å². The third kappa shape index (κ3) is 3.07. The molecule has 0 amide bonds. The third-order valence-corrected chi connectivity index (χ3v) is 0.486. The van der Waals surface area contributed by atoms with Gasteiger partial charge in [-0.15, -0.1) is 4.84 Å². The maximum Gasteiger partial charge on any atom is 0.370 e. The molecule has 0 saturated heterocycles. The minimum Gasteiger partial charge on any atom is -0.233 e. The zero-order valence-corrected chi connectivity index (χ0v) is 4.54. The van der Waals surface area contributed by atoms with Gasteiger partial charge in [-0.1, -0.05) is 0 Å². The number of alkyl halides is 3. The molecule has 0 aromatic rings. The lowest BCUT2D eigenvalue weighted by Gasteiger charge is -2.06. The van der Waals surface area contributed by atoms with Crippen molar-refractivity contribution in [1.82, 2.24) is 5.17 Å². The molecule has 0 unspecified atom stereocenters. The van der Waals surface area contributed by atoms with E-state index in [-0.39, 0.29) is 0 Å². The molecule has 0 aliphatic rings. The summed E-state index contributed by atoms with van der Waals surface area (Å²) >= 11 is 0. The van der Waals surface area contributed by atoms with Crippen molar-refractivity contribution < 1.29 is 23.0 Å². The summed E-state index contributed by atoms with van der Waals surface area (Å²) < 4.78 is 33.5. The van der Waals surface area contributed by atoms with Gasteiger partial charge in [-0.2, -0.15) is 8.78 Å². The smallest absolute Gasteiger partial charge is 0.233 e. The lowest BCUT2D eigenvalue weighted by atomic mass is 11.3. The molecule has 0 aromatic carbocycles. The highest BCUT2D eigenvalue weighted by molar-refractivity contribution is 4.09. The first-order valence-electron chi connectivity index (χ1n) is 2.00. The number of rotatable bonds is 4. The van der Waals surface area contributed by atoms with Crippen LogP contribution in [0.2, 0.25) is 0 Å². The van der Waals surface area contributed by atoms with Gasteiger partial charge in [0.2, 0.25) is 6.80 Å². The zero-order valence-electron chi connectivity index (χ0n) is 4.54. The van der Waals surface area contributed by atoms with E-state index in [2.05, 4.69) is 4.84 Å². The van der Waals surface area contributed by atoms with Gasteiger partial charge >= 0.3 is 6.61 Å². The van der Waals surface area contributed by atoms with E-state index in [0.29, 0.717) is 0 Å². The molecule has 60 valence electrons. The number of hydrogen-bond acceptors (Lipinski definition) is 3. The van der Waals surface area contributed by atoms with Crippen LogP contribution in [0.25, 0.3) is 0 Å². The predicted octanol–water partition coefficient (Wildman–Crippen LogP) is 0.561. The summed E-state index contributed by atoms with van der Waals surface area (Å²) in [5, 5.41) is 7.37. The Balaban J connectivity index is 3.72. The summed E-state index contributed by atoms with van der Waals surface area (Å²) in [6, 6.07) is 0. The summed E-state index contributed by atoms with van der Waals surface area (Å²) in [7, 11) is 0. The van der Waals surface area contributed by atoms with Crippen LogP contribution in [0.3, 0.4) is 0 Å². The molecule has 0 bridgehead atoms. The maximum absolute atomic E-state index is 11.3. The van der Waals surface area contributed by atoms with Crippen LogP contribution in [0.4, 0.5) is 13.2 Å². The van der Waals surface area contributed by atoms with Crippen LogP contribution in [-0.4, -0.2) is 23.6 Å². The Kier molecular flexibility index (Phi) is 3.47. The quantitative estimate of drug-likeness (QED) is 0.342. The molecular formula is C2H3F3N2O3. The van der Waals surface area contributed by atoms with Crippen LogP contribution in [0.15, 0.2) is 0 Å². The Morgan fingerprint density at radius 3 is 2.30 bits per heavy atom. The second kappa shape index (κ2) is 3.88. The normalized spacial score (nSPS) is 10.0. The van der Waals surface area contributed by atoms with Gasteiger partial charge in [0.15, 0.2) is 5.03 Å². The average molecular weight is 160 g/mol. The van der Waals surface area contributed by atoms with E-state index in [4.69, 9.17) is 0 Å². The molecule has 0 saturated carbocycles. The topological polar surface area (TPSA) is 55.6 Å². The molecule has 0 aromatic heterocycles. The van der Waals surface area contributed by atoms with Crippen molar-refractivity contribution in [1.29, 1.82) is 0 Å². The molecule has 0 spiro atoms. The number of hydrazine groups is 1. The molecule has 0 aliphatic heterocycles. The van der Waals surface area contributed by atoms with E-state index in [0.717, 1.165) is 0 Å². The Morgan fingerprint density at radius 1 is 1.70 bits per heavy atom. The largest absolute Gasteiger partial charge is 0.370 e. The lowest BCUT2D eigenvalue weighted by Crippen LogP contribution is -2.31. The van der Waals surface area contributed by atoms with Crippen LogP contribution in [0.5, 0.6) is 0 Å². The van der Waals surface area contributed by atoms with Crippen LogP contribution < -0.4 is 0 Å². The highest BCUT2D eigenvalue weighted by Gasteiger charge is 2.19. The second-order valence-electron chi connectivity index (χ2n) is 1.08. The number of nitro groups is 1. The van der Waals surface area contributed by atoms with Gasteiger partial charge in [-0.3, -0.25) is 0 Å². The number of halogens is 3. The number of hydroxylamine groups is 1. The molecule has 0 N–H and O–H groups in total. The summed E-state index contributed by atoms with van der Waals surface area (Å²) in [6.07, 6.45) is 0. The van der Waals surface area contributed by atoms with Crippen molar-refractivity contribution in [2.75, 3.05) is 6.80 Å². The van der Waals surface area contributed by atoms with E-state index in [9.17, 15) is 23.3 Å². The van der Waals surface area contributed by atoms with Gasteiger partial charge in [0.1, 0.15) is 0 Å². The summed E-state index contributed by atoms with van der Waals surface area (Å²) in [5.74, 6) is 0. The molecule has 8 heteroatoms. The van der Waals surface area contributed by atoms with E-state index in [1.165, 1.54) is 0 Å². The van der Waals surface area contributed by atoms with Gasteiger partial charge in [-0.05, 0) is 0 Å². The molecule has 10 heavy (non-hydrogen) atoms. The Labute approximate surface area is 53.1 Å². The molecular weight excluding hydrogens is 157 g/mol. The van der Waals surface area contributed by atoms with Crippen molar-refractivity contribution in [3.8, 4) is 0 Å². The van der Waals surface area contributed by atoms with Crippen molar-refractivity contribution >= 4 is 0 Å². The monoisotopic (exact) mass is 160 g/mol. The van der Waals surface area contributed by atoms with Gasteiger partial charge in [0.05, 0.1) is 0 Å². The van der Waals surface area contributed by atoms with Crippen molar-refractivity contribution in [2.45, 2.75) is 6.61 Å². The van der Waals surface area contributed by atoms with Gasteiger partial charge < -0.3 is 0 Å². The Morgan fingerprint density at radius 2 is 2.20 bits per heavy atom. The molecule has 0 atom stereocenters. The fourth-order valence-electron chi connectivity index (χ4n) is 0.202. The maximum atomic E-state index is 11.3. The minimum atomic E-state index is -3.39. The van der Waals surface area contributed by atoms with Crippen LogP contribution in [0.1, 0.15) is 0 Å². The SMILES string of the molecule is O=[N+]([O-])N(CF)OC(F)F. The first-order valence-corrected chi connectivity index (χ1v) is 2.00. The van der Waals surface area contributed by atoms with E-state index in [1.54, 1.807) is 0 Å². The Bertz CT molecular complexity index is 120. The molecule has 0 fully saturated rings. The standard InChI is InChI=1S/C2H3F3N2O3/c3-1-6(7(8)9)10-2(4)5/h2H,1H2. The van der Waals surface area contributed by atoms with Gasteiger partial charge in [0, 0.05) is 5.17 Å².